The molecule has 1 rings (SSSR count). The summed E-state index contributed by atoms with van der Waals surface area (Å²) in [7, 11) is 0. The highest BCUT2D eigenvalue weighted by atomic mass is 32.2. The van der Waals surface area contributed by atoms with Crippen molar-refractivity contribution in [2.24, 2.45) is 5.92 Å². The highest BCUT2D eigenvalue weighted by molar-refractivity contribution is 8.02. The molecular weight excluding hydrogens is 212 g/mol. The van der Waals surface area contributed by atoms with Crippen LogP contribution in [0.3, 0.4) is 0 Å². The Balaban J connectivity index is 2.29. The summed E-state index contributed by atoms with van der Waals surface area (Å²) in [6, 6.07) is 0. The lowest BCUT2D eigenvalue weighted by Crippen LogP contribution is -2.23. The van der Waals surface area contributed by atoms with Gasteiger partial charge in [0, 0.05) is 6.54 Å². The van der Waals surface area contributed by atoms with Crippen LogP contribution in [0.25, 0.3) is 0 Å². The Morgan fingerprint density at radius 1 is 1.53 bits per heavy atom. The fraction of sp³-hybridized carbons (Fsp3) is 0.800. The van der Waals surface area contributed by atoms with Crippen LogP contribution in [0.2, 0.25) is 0 Å². The molecule has 0 amide bonds. The number of hydrogen-bond acceptors (Lipinski definition) is 4. The molecule has 5 heteroatoms. The quantitative estimate of drug-likeness (QED) is 0.582. The topological polar surface area (TPSA) is 55.2 Å². The third kappa shape index (κ3) is 5.06. The van der Waals surface area contributed by atoms with E-state index in [2.05, 4.69) is 5.32 Å². The second-order valence-electron chi connectivity index (χ2n) is 3.87. The van der Waals surface area contributed by atoms with Gasteiger partial charge in [-0.15, -0.1) is 11.8 Å². The minimum atomic E-state index is -0.403. The Morgan fingerprint density at radius 3 is 2.73 bits per heavy atom. The summed E-state index contributed by atoms with van der Waals surface area (Å²) in [4.78, 5) is 9.89. The zero-order valence-corrected chi connectivity index (χ0v) is 9.89. The third-order valence-corrected chi connectivity index (χ3v) is 3.42. The normalized spacial score (nSPS) is 18.9. The maximum Gasteiger partial charge on any atom is 0.263 e. The standard InChI is InChI=1S/C10H18N2O2S/c1-15-10(8-12(13)14)11-7-9-5-3-2-4-6-9/h8-9,11H,2-7H2,1H3. The van der Waals surface area contributed by atoms with Gasteiger partial charge in [-0.1, -0.05) is 19.3 Å². The molecule has 0 atom stereocenters. The van der Waals surface area contributed by atoms with Gasteiger partial charge in [-0.05, 0) is 25.0 Å². The van der Waals surface area contributed by atoms with Crippen LogP contribution >= 0.6 is 11.8 Å². The molecule has 0 spiro atoms. The molecule has 0 aromatic heterocycles. The van der Waals surface area contributed by atoms with E-state index in [0.29, 0.717) is 10.9 Å². The summed E-state index contributed by atoms with van der Waals surface area (Å²) in [5.41, 5.74) is 0. The van der Waals surface area contributed by atoms with Gasteiger partial charge in [0.25, 0.3) is 6.20 Å². The van der Waals surface area contributed by atoms with Gasteiger partial charge in [-0.2, -0.15) is 0 Å². The van der Waals surface area contributed by atoms with Crippen LogP contribution in [0.4, 0.5) is 0 Å². The maximum absolute atomic E-state index is 10.3. The molecule has 4 nitrogen and oxygen atoms in total. The lowest BCUT2D eigenvalue weighted by atomic mass is 9.89. The van der Waals surface area contributed by atoms with E-state index >= 15 is 0 Å². The molecule has 1 fully saturated rings. The van der Waals surface area contributed by atoms with Crippen molar-refractivity contribution < 1.29 is 4.92 Å². The van der Waals surface area contributed by atoms with Gasteiger partial charge in [0.2, 0.25) is 0 Å². The first-order valence-electron chi connectivity index (χ1n) is 5.35. The molecule has 0 heterocycles. The zero-order valence-electron chi connectivity index (χ0n) is 9.07. The molecule has 0 unspecified atom stereocenters. The van der Waals surface area contributed by atoms with Crippen LogP contribution in [0.1, 0.15) is 32.1 Å². The van der Waals surface area contributed by atoms with E-state index < -0.39 is 4.92 Å². The van der Waals surface area contributed by atoms with Crippen molar-refractivity contribution in [1.82, 2.24) is 5.32 Å². The van der Waals surface area contributed by atoms with Crippen molar-refractivity contribution >= 4 is 11.8 Å². The van der Waals surface area contributed by atoms with Gasteiger partial charge in [0.05, 0.1) is 4.92 Å². The summed E-state index contributed by atoms with van der Waals surface area (Å²) < 4.78 is 0. The molecule has 0 radical (unpaired) electrons. The number of rotatable bonds is 5. The van der Waals surface area contributed by atoms with E-state index in [1.165, 1.54) is 43.9 Å². The van der Waals surface area contributed by atoms with E-state index in [9.17, 15) is 10.1 Å². The van der Waals surface area contributed by atoms with Gasteiger partial charge in [-0.25, -0.2) is 0 Å². The zero-order chi connectivity index (χ0) is 11.1. The van der Waals surface area contributed by atoms with E-state index in [1.807, 2.05) is 6.26 Å². The van der Waals surface area contributed by atoms with Crippen molar-refractivity contribution in [3.05, 3.63) is 21.3 Å². The van der Waals surface area contributed by atoms with Crippen LogP contribution in [-0.2, 0) is 0 Å². The van der Waals surface area contributed by atoms with Crippen molar-refractivity contribution in [3.63, 3.8) is 0 Å². The Morgan fingerprint density at radius 2 is 2.20 bits per heavy atom. The van der Waals surface area contributed by atoms with Gasteiger partial charge >= 0.3 is 0 Å². The Kier molecular flexibility index (Phi) is 5.53. The molecule has 0 aromatic rings. The van der Waals surface area contributed by atoms with Crippen LogP contribution in [0.5, 0.6) is 0 Å². The average Bonchev–Trinajstić information content (AvgIpc) is 2.25. The number of nitrogens with zero attached hydrogens (tertiary/aromatic N) is 1. The Bertz CT molecular complexity index is 238. The summed E-state index contributed by atoms with van der Waals surface area (Å²) in [6.07, 6.45) is 9.37. The summed E-state index contributed by atoms with van der Waals surface area (Å²) in [5.74, 6) is 0.695. The average molecular weight is 230 g/mol. The summed E-state index contributed by atoms with van der Waals surface area (Å²) >= 11 is 1.40. The van der Waals surface area contributed by atoms with Crippen molar-refractivity contribution in [1.29, 1.82) is 0 Å². The molecule has 1 N–H and O–H groups in total. The minimum absolute atomic E-state index is 0.403. The van der Waals surface area contributed by atoms with Crippen LogP contribution in [0.15, 0.2) is 11.2 Å². The van der Waals surface area contributed by atoms with Crippen LogP contribution in [0, 0.1) is 16.0 Å². The highest BCUT2D eigenvalue weighted by Crippen LogP contribution is 2.23. The molecule has 1 aliphatic carbocycles. The SMILES string of the molecule is CSC(=C[N+](=O)[O-])NCC1CCCCC1. The van der Waals surface area contributed by atoms with Gasteiger partial charge in [-0.3, -0.25) is 10.1 Å². The monoisotopic (exact) mass is 230 g/mol. The molecule has 15 heavy (non-hydrogen) atoms. The fourth-order valence-electron chi connectivity index (χ4n) is 1.90. The minimum Gasteiger partial charge on any atom is -0.375 e. The summed E-state index contributed by atoms with van der Waals surface area (Å²) in [6.45, 7) is 0.876. The highest BCUT2D eigenvalue weighted by Gasteiger charge is 2.13. The van der Waals surface area contributed by atoms with E-state index in [-0.39, 0.29) is 0 Å². The molecule has 0 bridgehead atoms. The smallest absolute Gasteiger partial charge is 0.263 e. The van der Waals surface area contributed by atoms with Crippen molar-refractivity contribution in [2.75, 3.05) is 12.8 Å². The first-order chi connectivity index (χ1) is 7.22. The first kappa shape index (κ1) is 12.4. The molecule has 1 aliphatic rings. The lowest BCUT2D eigenvalue weighted by molar-refractivity contribution is -0.403. The maximum atomic E-state index is 10.3. The molecular formula is C10H18N2O2S. The van der Waals surface area contributed by atoms with Crippen LogP contribution in [-0.4, -0.2) is 17.7 Å². The lowest BCUT2D eigenvalue weighted by Gasteiger charge is -2.22. The third-order valence-electron chi connectivity index (χ3n) is 2.73. The molecule has 1 saturated carbocycles. The largest absolute Gasteiger partial charge is 0.375 e. The summed E-state index contributed by atoms with van der Waals surface area (Å²) in [5, 5.41) is 14.1. The van der Waals surface area contributed by atoms with Crippen molar-refractivity contribution in [3.8, 4) is 0 Å². The Labute approximate surface area is 94.7 Å². The molecule has 0 saturated heterocycles. The van der Waals surface area contributed by atoms with Gasteiger partial charge < -0.3 is 5.32 Å². The fourth-order valence-corrected chi connectivity index (χ4v) is 2.32. The molecule has 0 aromatic carbocycles. The number of nitrogens with one attached hydrogen (secondary N) is 1. The van der Waals surface area contributed by atoms with Gasteiger partial charge in [0.15, 0.2) is 0 Å². The van der Waals surface area contributed by atoms with Crippen molar-refractivity contribution in [2.45, 2.75) is 32.1 Å². The Hall–Kier alpha value is -0.710. The number of thioether (sulfide) groups is 1. The molecule has 0 aliphatic heterocycles. The predicted molar refractivity (Wildman–Crippen MR) is 63.2 cm³/mol. The number of hydrogen-bond donors (Lipinski definition) is 1. The number of nitro groups is 1. The van der Waals surface area contributed by atoms with E-state index in [4.69, 9.17) is 0 Å². The predicted octanol–water partition coefficient (Wildman–Crippen LogP) is 2.59. The second-order valence-corrected chi connectivity index (χ2v) is 4.72. The second kappa shape index (κ2) is 6.71. The van der Waals surface area contributed by atoms with Crippen LogP contribution < -0.4 is 5.32 Å². The molecule has 86 valence electrons. The van der Waals surface area contributed by atoms with E-state index in [1.54, 1.807) is 0 Å². The first-order valence-corrected chi connectivity index (χ1v) is 6.58. The van der Waals surface area contributed by atoms with E-state index in [0.717, 1.165) is 12.7 Å². The van der Waals surface area contributed by atoms with Gasteiger partial charge in [0.1, 0.15) is 5.03 Å².